The third-order valence-corrected chi connectivity index (χ3v) is 5.50. The van der Waals surface area contributed by atoms with Gasteiger partial charge < -0.3 is 10.4 Å². The van der Waals surface area contributed by atoms with Crippen molar-refractivity contribution in [2.45, 2.75) is 37.7 Å². The van der Waals surface area contributed by atoms with Crippen LogP contribution < -0.4 is 5.32 Å². The molecule has 0 saturated carbocycles. The van der Waals surface area contributed by atoms with E-state index < -0.39 is 12.0 Å². The molecule has 0 radical (unpaired) electrons. The van der Waals surface area contributed by atoms with Crippen molar-refractivity contribution in [1.29, 1.82) is 0 Å². The van der Waals surface area contributed by atoms with E-state index in [0.29, 0.717) is 5.75 Å². The first-order chi connectivity index (χ1) is 9.54. The number of rotatable bonds is 4. The topological polar surface area (TPSA) is 69.6 Å². The number of carboxylic acid groups (broad SMARTS) is 1. The summed E-state index contributed by atoms with van der Waals surface area (Å²) in [6.45, 7) is 3.87. The molecule has 0 spiro atoms. The van der Waals surface area contributed by atoms with E-state index in [1.54, 1.807) is 11.3 Å². The summed E-state index contributed by atoms with van der Waals surface area (Å²) in [6.07, 6.45) is 0.745. The second-order valence-corrected chi connectivity index (χ2v) is 6.68. The van der Waals surface area contributed by atoms with Crippen molar-refractivity contribution >= 4 is 35.1 Å². The van der Waals surface area contributed by atoms with Gasteiger partial charge in [-0.3, -0.25) is 4.90 Å². The van der Waals surface area contributed by atoms with Gasteiger partial charge in [-0.15, -0.1) is 11.8 Å². The average molecular weight is 314 g/mol. The molecule has 2 heterocycles. The average Bonchev–Trinajstić information content (AvgIpc) is 3.07. The molecule has 1 aromatic rings. The van der Waals surface area contributed by atoms with Crippen LogP contribution in [0.4, 0.5) is 4.79 Å². The molecule has 7 heteroatoms. The van der Waals surface area contributed by atoms with Crippen molar-refractivity contribution in [3.63, 3.8) is 0 Å². The number of thioether (sulfide) groups is 1. The third-order valence-electron chi connectivity index (χ3n) is 3.34. The molecule has 0 aromatic carbocycles. The van der Waals surface area contributed by atoms with Gasteiger partial charge in [0.2, 0.25) is 0 Å². The number of nitrogens with one attached hydrogen (secondary N) is 1. The SMILES string of the molecule is CCC1SCC(C(=O)O)N1C(=O)NC(C)c1ccsc1. The minimum absolute atomic E-state index is 0.0641. The lowest BCUT2D eigenvalue weighted by Gasteiger charge is -2.28. The molecule has 1 aliphatic rings. The number of carbonyl (C=O) groups is 2. The normalized spacial score (nSPS) is 23.6. The molecule has 0 bridgehead atoms. The lowest BCUT2D eigenvalue weighted by molar-refractivity contribution is -0.141. The molecule has 3 atom stereocenters. The number of amides is 2. The van der Waals surface area contributed by atoms with Gasteiger partial charge in [0.05, 0.1) is 11.4 Å². The fourth-order valence-corrected chi connectivity index (χ4v) is 4.31. The summed E-state index contributed by atoms with van der Waals surface area (Å²) in [5.74, 6) is -0.486. The molecule has 20 heavy (non-hydrogen) atoms. The highest BCUT2D eigenvalue weighted by molar-refractivity contribution is 8.00. The van der Waals surface area contributed by atoms with Gasteiger partial charge in [0, 0.05) is 5.75 Å². The number of carboxylic acids is 1. The molecule has 3 unspecified atom stereocenters. The quantitative estimate of drug-likeness (QED) is 0.896. The lowest BCUT2D eigenvalue weighted by Crippen LogP contribution is -2.50. The Kier molecular flexibility index (Phi) is 4.93. The summed E-state index contributed by atoms with van der Waals surface area (Å²) in [6, 6.07) is 0.805. The van der Waals surface area contributed by atoms with Gasteiger partial charge in [-0.05, 0) is 35.7 Å². The highest BCUT2D eigenvalue weighted by Crippen LogP contribution is 2.31. The van der Waals surface area contributed by atoms with E-state index in [1.165, 1.54) is 16.7 Å². The summed E-state index contributed by atoms with van der Waals surface area (Å²) in [5, 5.41) is 16.0. The monoisotopic (exact) mass is 314 g/mol. The van der Waals surface area contributed by atoms with Crippen LogP contribution in [-0.4, -0.2) is 39.2 Å². The van der Waals surface area contributed by atoms with Crippen molar-refractivity contribution in [2.24, 2.45) is 0 Å². The minimum Gasteiger partial charge on any atom is -0.480 e. The van der Waals surface area contributed by atoms with Crippen molar-refractivity contribution in [3.8, 4) is 0 Å². The Bertz CT molecular complexity index is 478. The molecular weight excluding hydrogens is 296 g/mol. The van der Waals surface area contributed by atoms with Crippen LogP contribution in [-0.2, 0) is 4.79 Å². The van der Waals surface area contributed by atoms with E-state index in [-0.39, 0.29) is 17.4 Å². The number of aliphatic carboxylic acids is 1. The Morgan fingerprint density at radius 3 is 2.90 bits per heavy atom. The molecule has 2 rings (SSSR count). The summed E-state index contributed by atoms with van der Waals surface area (Å²) in [7, 11) is 0. The van der Waals surface area contributed by atoms with Crippen LogP contribution in [0.2, 0.25) is 0 Å². The Morgan fingerprint density at radius 2 is 2.35 bits per heavy atom. The molecule has 2 N–H and O–H groups in total. The van der Waals surface area contributed by atoms with Crippen molar-refractivity contribution in [3.05, 3.63) is 22.4 Å². The number of hydrogen-bond acceptors (Lipinski definition) is 4. The molecule has 1 aromatic heterocycles. The van der Waals surface area contributed by atoms with Crippen LogP contribution in [0.15, 0.2) is 16.8 Å². The molecule has 0 aliphatic carbocycles. The second-order valence-electron chi connectivity index (χ2n) is 4.69. The zero-order valence-electron chi connectivity index (χ0n) is 11.4. The fraction of sp³-hybridized carbons (Fsp3) is 0.538. The number of hydrogen-bond donors (Lipinski definition) is 2. The molecule has 5 nitrogen and oxygen atoms in total. The maximum atomic E-state index is 12.4. The number of nitrogens with zero attached hydrogens (tertiary/aromatic N) is 1. The van der Waals surface area contributed by atoms with Gasteiger partial charge in [-0.1, -0.05) is 6.92 Å². The highest BCUT2D eigenvalue weighted by Gasteiger charge is 2.41. The van der Waals surface area contributed by atoms with Crippen LogP contribution in [0.3, 0.4) is 0 Å². The second kappa shape index (κ2) is 6.49. The zero-order valence-corrected chi connectivity index (χ0v) is 13.0. The first-order valence-electron chi connectivity index (χ1n) is 6.50. The lowest BCUT2D eigenvalue weighted by atomic mass is 10.2. The van der Waals surface area contributed by atoms with Crippen LogP contribution >= 0.6 is 23.1 Å². The molecule has 2 amide bonds. The Labute approximate surface area is 126 Å². The third kappa shape index (κ3) is 3.09. The standard InChI is InChI=1S/C13H18N2O3S2/c1-3-11-15(10(7-20-11)12(16)17)13(18)14-8(2)9-4-5-19-6-9/h4-6,8,10-11H,3,7H2,1-2H3,(H,14,18)(H,16,17). The van der Waals surface area contributed by atoms with Gasteiger partial charge in [0.15, 0.2) is 0 Å². The van der Waals surface area contributed by atoms with Crippen LogP contribution in [0, 0.1) is 0 Å². The zero-order chi connectivity index (χ0) is 14.7. The van der Waals surface area contributed by atoms with Gasteiger partial charge in [-0.25, -0.2) is 9.59 Å². The van der Waals surface area contributed by atoms with Crippen molar-refractivity contribution in [2.75, 3.05) is 5.75 Å². The van der Waals surface area contributed by atoms with Crippen LogP contribution in [0.1, 0.15) is 31.9 Å². The van der Waals surface area contributed by atoms with E-state index in [0.717, 1.165) is 12.0 Å². The predicted octanol–water partition coefficient (Wildman–Crippen LogP) is 2.76. The van der Waals surface area contributed by atoms with Crippen molar-refractivity contribution < 1.29 is 14.7 Å². The number of carbonyl (C=O) groups excluding carboxylic acids is 1. The highest BCUT2D eigenvalue weighted by atomic mass is 32.2. The van der Waals surface area contributed by atoms with Crippen LogP contribution in [0.5, 0.6) is 0 Å². The van der Waals surface area contributed by atoms with E-state index in [9.17, 15) is 14.7 Å². The maximum absolute atomic E-state index is 12.4. The summed E-state index contributed by atoms with van der Waals surface area (Å²) in [5.41, 5.74) is 1.04. The minimum atomic E-state index is -0.938. The van der Waals surface area contributed by atoms with Crippen LogP contribution in [0.25, 0.3) is 0 Å². The summed E-state index contributed by atoms with van der Waals surface area (Å²) in [4.78, 5) is 25.1. The molecule has 1 fully saturated rings. The largest absolute Gasteiger partial charge is 0.480 e. The first-order valence-corrected chi connectivity index (χ1v) is 8.49. The summed E-state index contributed by atoms with van der Waals surface area (Å²) >= 11 is 3.10. The molecular formula is C13H18N2O3S2. The van der Waals surface area contributed by atoms with E-state index >= 15 is 0 Å². The Hall–Kier alpha value is -1.21. The first kappa shape index (κ1) is 15.2. The van der Waals surface area contributed by atoms with Crippen molar-refractivity contribution in [1.82, 2.24) is 10.2 Å². The number of thiophene rings is 1. The Morgan fingerprint density at radius 1 is 1.60 bits per heavy atom. The number of urea groups is 1. The van der Waals surface area contributed by atoms with E-state index in [4.69, 9.17) is 0 Å². The van der Waals surface area contributed by atoms with Gasteiger partial charge in [-0.2, -0.15) is 11.3 Å². The van der Waals surface area contributed by atoms with Gasteiger partial charge >= 0.3 is 12.0 Å². The van der Waals surface area contributed by atoms with Gasteiger partial charge in [0.25, 0.3) is 0 Å². The van der Waals surface area contributed by atoms with E-state index in [1.807, 2.05) is 30.7 Å². The smallest absolute Gasteiger partial charge is 0.327 e. The van der Waals surface area contributed by atoms with Gasteiger partial charge in [0.1, 0.15) is 6.04 Å². The fourth-order valence-electron chi connectivity index (χ4n) is 2.21. The Balaban J connectivity index is 2.07. The molecule has 1 saturated heterocycles. The summed E-state index contributed by atoms with van der Waals surface area (Å²) < 4.78 is 0. The molecule has 1 aliphatic heterocycles. The maximum Gasteiger partial charge on any atom is 0.327 e. The predicted molar refractivity (Wildman–Crippen MR) is 81.1 cm³/mol. The molecule has 110 valence electrons. The van der Waals surface area contributed by atoms with E-state index in [2.05, 4.69) is 5.32 Å².